The van der Waals surface area contributed by atoms with Gasteiger partial charge in [0.2, 0.25) is 11.8 Å². The van der Waals surface area contributed by atoms with Crippen molar-refractivity contribution in [2.45, 2.75) is 38.0 Å². The summed E-state index contributed by atoms with van der Waals surface area (Å²) in [5, 5.41) is 2.90. The van der Waals surface area contributed by atoms with E-state index in [1.54, 1.807) is 12.1 Å². The number of rotatable bonds is 4. The van der Waals surface area contributed by atoms with E-state index in [0.717, 1.165) is 35.5 Å². The molecule has 0 amide bonds. The molecule has 3 rings (SSSR count). The molecule has 0 saturated heterocycles. The van der Waals surface area contributed by atoms with E-state index in [1.807, 2.05) is 12.1 Å². The van der Waals surface area contributed by atoms with Crippen molar-refractivity contribution in [3.05, 3.63) is 39.6 Å². The van der Waals surface area contributed by atoms with E-state index in [0.29, 0.717) is 5.69 Å². The first-order valence-electron chi connectivity index (χ1n) is 7.55. The lowest BCUT2D eigenvalue weighted by Crippen LogP contribution is -2.17. The first-order valence-corrected chi connectivity index (χ1v) is 8.63. The Kier molecular flexibility index (Phi) is 5.12. The average molecular weight is 449 g/mol. The Morgan fingerprint density at radius 3 is 2.42 bits per heavy atom. The number of anilines is 2. The van der Waals surface area contributed by atoms with Gasteiger partial charge in [-0.3, -0.25) is 0 Å². The number of ether oxygens (including phenoxy) is 1. The van der Waals surface area contributed by atoms with Gasteiger partial charge in [-0.1, -0.05) is 0 Å². The number of nitrogens with zero attached hydrogens (tertiary/aromatic N) is 2. The maximum atomic E-state index is 13.1. The molecule has 24 heavy (non-hydrogen) atoms. The predicted octanol–water partition coefficient (Wildman–Crippen LogP) is 5.17. The largest absolute Gasteiger partial charge is 0.474 e. The third kappa shape index (κ3) is 4.28. The second-order valence-electron chi connectivity index (χ2n) is 5.57. The van der Waals surface area contributed by atoms with E-state index in [9.17, 15) is 13.2 Å². The van der Waals surface area contributed by atoms with Crippen molar-refractivity contribution >= 4 is 34.2 Å². The molecule has 1 aliphatic carbocycles. The molecular weight excluding hydrogens is 434 g/mol. The van der Waals surface area contributed by atoms with Crippen LogP contribution >= 0.6 is 22.6 Å². The van der Waals surface area contributed by atoms with Crippen LogP contribution in [0.1, 0.15) is 31.2 Å². The fourth-order valence-corrected chi connectivity index (χ4v) is 2.90. The van der Waals surface area contributed by atoms with Crippen LogP contribution in [0.2, 0.25) is 0 Å². The summed E-state index contributed by atoms with van der Waals surface area (Å²) in [6, 6.07) is 7.37. The molecule has 1 aliphatic rings. The maximum absolute atomic E-state index is 13.1. The van der Waals surface area contributed by atoms with Crippen LogP contribution in [-0.4, -0.2) is 16.1 Å². The van der Waals surface area contributed by atoms with Crippen molar-refractivity contribution in [3.8, 4) is 5.88 Å². The van der Waals surface area contributed by atoms with Gasteiger partial charge in [-0.15, -0.1) is 0 Å². The molecule has 1 aromatic carbocycles. The topological polar surface area (TPSA) is 47.0 Å². The highest BCUT2D eigenvalue weighted by Gasteiger charge is 2.37. The van der Waals surface area contributed by atoms with Gasteiger partial charge < -0.3 is 10.1 Å². The van der Waals surface area contributed by atoms with Gasteiger partial charge in [-0.25, -0.2) is 4.98 Å². The van der Waals surface area contributed by atoms with E-state index in [2.05, 4.69) is 37.9 Å². The standard InChI is InChI=1S/C16H15F3IN3O/c17-16(18,19)13-9-21-15(22-11-7-5-10(20)6-8-11)23-14(13)24-12-3-1-2-4-12/h5-9,12H,1-4H2,(H,21,22,23). The molecular formula is C16H15F3IN3O. The van der Waals surface area contributed by atoms with Crippen molar-refractivity contribution < 1.29 is 17.9 Å². The SMILES string of the molecule is FC(F)(F)c1cnc(Nc2ccc(I)cc2)nc1OC1CCCC1. The highest BCUT2D eigenvalue weighted by molar-refractivity contribution is 14.1. The molecule has 8 heteroatoms. The number of benzene rings is 1. The molecule has 1 fully saturated rings. The van der Waals surface area contributed by atoms with Gasteiger partial charge >= 0.3 is 6.18 Å². The summed E-state index contributed by atoms with van der Waals surface area (Å²) in [5.74, 6) is -0.324. The van der Waals surface area contributed by atoms with Crippen LogP contribution < -0.4 is 10.1 Å². The molecule has 1 saturated carbocycles. The molecule has 0 radical (unpaired) electrons. The lowest BCUT2D eigenvalue weighted by molar-refractivity contribution is -0.139. The van der Waals surface area contributed by atoms with Crippen molar-refractivity contribution in [1.82, 2.24) is 9.97 Å². The summed E-state index contributed by atoms with van der Waals surface area (Å²) in [7, 11) is 0. The van der Waals surface area contributed by atoms with Gasteiger partial charge in [0.1, 0.15) is 11.7 Å². The van der Waals surface area contributed by atoms with Gasteiger partial charge in [0.05, 0.1) is 0 Å². The van der Waals surface area contributed by atoms with Gasteiger partial charge in [-0.2, -0.15) is 18.2 Å². The van der Waals surface area contributed by atoms with E-state index < -0.39 is 17.6 Å². The summed E-state index contributed by atoms with van der Waals surface area (Å²) in [6.45, 7) is 0. The summed E-state index contributed by atoms with van der Waals surface area (Å²) in [4.78, 5) is 7.73. The zero-order valence-corrected chi connectivity index (χ0v) is 14.8. The van der Waals surface area contributed by atoms with E-state index in [1.165, 1.54) is 0 Å². The van der Waals surface area contributed by atoms with Crippen molar-refractivity contribution in [2.24, 2.45) is 0 Å². The summed E-state index contributed by atoms with van der Waals surface area (Å²) >= 11 is 2.17. The Balaban J connectivity index is 1.86. The first-order chi connectivity index (χ1) is 11.4. The number of hydrogen-bond acceptors (Lipinski definition) is 4. The summed E-state index contributed by atoms with van der Waals surface area (Å²) < 4.78 is 46.0. The third-order valence-corrected chi connectivity index (χ3v) is 4.46. The van der Waals surface area contributed by atoms with Crippen LogP contribution in [0.4, 0.5) is 24.8 Å². The molecule has 4 nitrogen and oxygen atoms in total. The second-order valence-corrected chi connectivity index (χ2v) is 6.81. The molecule has 1 N–H and O–H groups in total. The van der Waals surface area contributed by atoms with Crippen LogP contribution in [0.15, 0.2) is 30.5 Å². The molecule has 0 bridgehead atoms. The molecule has 2 aromatic rings. The van der Waals surface area contributed by atoms with Crippen molar-refractivity contribution in [3.63, 3.8) is 0 Å². The van der Waals surface area contributed by atoms with Crippen molar-refractivity contribution in [2.75, 3.05) is 5.32 Å². The Bertz CT molecular complexity index is 701. The minimum atomic E-state index is -4.55. The number of hydrogen-bond donors (Lipinski definition) is 1. The minimum absolute atomic E-state index is 0.0807. The predicted molar refractivity (Wildman–Crippen MR) is 92.4 cm³/mol. The summed E-state index contributed by atoms with van der Waals surface area (Å²) in [5.41, 5.74) is -0.246. The average Bonchev–Trinajstić information content (AvgIpc) is 3.02. The summed E-state index contributed by atoms with van der Waals surface area (Å²) in [6.07, 6.45) is -0.563. The lowest BCUT2D eigenvalue weighted by Gasteiger charge is -2.17. The number of alkyl halides is 3. The van der Waals surface area contributed by atoms with Gasteiger partial charge in [0, 0.05) is 15.5 Å². The Hall–Kier alpha value is -1.58. The normalized spacial score (nSPS) is 15.5. The van der Waals surface area contributed by atoms with E-state index >= 15 is 0 Å². The van der Waals surface area contributed by atoms with E-state index in [4.69, 9.17) is 4.74 Å². The van der Waals surface area contributed by atoms with Gasteiger partial charge in [0.25, 0.3) is 0 Å². The highest BCUT2D eigenvalue weighted by Crippen LogP contribution is 2.37. The van der Waals surface area contributed by atoms with Gasteiger partial charge in [-0.05, 0) is 72.5 Å². The zero-order valence-electron chi connectivity index (χ0n) is 12.6. The number of halogens is 4. The van der Waals surface area contributed by atoms with Crippen LogP contribution in [-0.2, 0) is 6.18 Å². The first kappa shape index (κ1) is 17.2. The molecule has 128 valence electrons. The van der Waals surface area contributed by atoms with Crippen LogP contribution in [0.25, 0.3) is 0 Å². The van der Waals surface area contributed by atoms with Crippen LogP contribution in [0.3, 0.4) is 0 Å². The monoisotopic (exact) mass is 449 g/mol. The van der Waals surface area contributed by atoms with Gasteiger partial charge in [0.15, 0.2) is 0 Å². The Morgan fingerprint density at radius 1 is 1.12 bits per heavy atom. The molecule has 0 atom stereocenters. The molecule has 0 unspecified atom stereocenters. The molecule has 0 spiro atoms. The van der Waals surface area contributed by atoms with E-state index in [-0.39, 0.29) is 12.1 Å². The highest BCUT2D eigenvalue weighted by atomic mass is 127. The molecule has 0 aliphatic heterocycles. The fourth-order valence-electron chi connectivity index (χ4n) is 2.54. The maximum Gasteiger partial charge on any atom is 0.423 e. The Morgan fingerprint density at radius 2 is 1.79 bits per heavy atom. The Labute approximate surface area is 151 Å². The molecule has 1 heterocycles. The quantitative estimate of drug-likeness (QED) is 0.655. The van der Waals surface area contributed by atoms with Crippen LogP contribution in [0.5, 0.6) is 5.88 Å². The molecule has 1 aromatic heterocycles. The smallest absolute Gasteiger partial charge is 0.423 e. The second kappa shape index (κ2) is 7.12. The third-order valence-electron chi connectivity index (χ3n) is 3.74. The fraction of sp³-hybridized carbons (Fsp3) is 0.375. The lowest BCUT2D eigenvalue weighted by atomic mass is 10.3. The zero-order chi connectivity index (χ0) is 17.2. The minimum Gasteiger partial charge on any atom is -0.474 e. The van der Waals surface area contributed by atoms with Crippen molar-refractivity contribution in [1.29, 1.82) is 0 Å². The number of nitrogens with one attached hydrogen (secondary N) is 1. The number of aromatic nitrogens is 2. The van der Waals surface area contributed by atoms with Crippen LogP contribution in [0, 0.1) is 3.57 Å².